The van der Waals surface area contributed by atoms with Crippen LogP contribution in [0.5, 0.6) is 0 Å². The number of aromatic nitrogens is 1. The molecule has 1 N–H and O–H groups in total. The lowest BCUT2D eigenvalue weighted by molar-refractivity contribution is -0.121. The van der Waals surface area contributed by atoms with Gasteiger partial charge in [-0.25, -0.2) is 9.98 Å². The summed E-state index contributed by atoms with van der Waals surface area (Å²) in [4.78, 5) is 24.9. The van der Waals surface area contributed by atoms with Crippen molar-refractivity contribution in [2.45, 2.75) is 0 Å². The molecule has 7 heteroatoms. The van der Waals surface area contributed by atoms with E-state index in [0.717, 1.165) is 11.3 Å². The number of aliphatic hydroxyl groups is 1. The Balaban J connectivity index is 1.67. The molecular formula is C21H20N4O3. The fourth-order valence-corrected chi connectivity index (χ4v) is 3.07. The van der Waals surface area contributed by atoms with Crippen molar-refractivity contribution in [1.82, 2.24) is 9.88 Å². The Bertz CT molecular complexity index is 1090. The minimum absolute atomic E-state index is 0.0691. The van der Waals surface area contributed by atoms with E-state index in [9.17, 15) is 4.79 Å². The van der Waals surface area contributed by atoms with Crippen molar-refractivity contribution in [3.63, 3.8) is 0 Å². The zero-order valence-electron chi connectivity index (χ0n) is 15.7. The lowest BCUT2D eigenvalue weighted by Crippen LogP contribution is -2.28. The number of rotatable bonds is 5. The van der Waals surface area contributed by atoms with E-state index in [1.165, 1.54) is 4.90 Å². The fraction of sp³-hybridized carbons (Fsp3) is 0.190. The molecule has 0 atom stereocenters. The van der Waals surface area contributed by atoms with E-state index in [4.69, 9.17) is 9.52 Å². The van der Waals surface area contributed by atoms with Crippen molar-refractivity contribution < 1.29 is 14.3 Å². The number of carbonyl (C=O) groups excluding carboxylic acids is 1. The molecule has 1 aromatic heterocycles. The summed E-state index contributed by atoms with van der Waals surface area (Å²) in [5.74, 6) is 0.720. The zero-order chi connectivity index (χ0) is 19.7. The maximum Gasteiger partial charge on any atom is 0.278 e. The molecule has 0 unspecified atom stereocenters. The quantitative estimate of drug-likeness (QED) is 0.692. The van der Waals surface area contributed by atoms with Crippen molar-refractivity contribution in [3.8, 4) is 0 Å². The Hall–Kier alpha value is -3.45. The summed E-state index contributed by atoms with van der Waals surface area (Å²) < 4.78 is 5.81. The number of aliphatic imine (C=N–C) groups is 1. The molecule has 0 spiro atoms. The van der Waals surface area contributed by atoms with Crippen molar-refractivity contribution in [2.24, 2.45) is 4.99 Å². The number of hydrogen-bond acceptors (Lipinski definition) is 6. The molecule has 1 aliphatic heterocycles. The predicted molar refractivity (Wildman–Crippen MR) is 108 cm³/mol. The van der Waals surface area contributed by atoms with Gasteiger partial charge in [-0.3, -0.25) is 9.69 Å². The second-order valence-electron chi connectivity index (χ2n) is 6.54. The van der Waals surface area contributed by atoms with Crippen LogP contribution < -0.4 is 4.90 Å². The van der Waals surface area contributed by atoms with Crippen LogP contribution in [0.15, 0.2) is 63.6 Å². The average molecular weight is 376 g/mol. The number of carbonyl (C=O) groups is 1. The zero-order valence-corrected chi connectivity index (χ0v) is 15.7. The molecule has 1 amide bonds. The van der Waals surface area contributed by atoms with E-state index in [-0.39, 0.29) is 18.2 Å². The highest BCUT2D eigenvalue weighted by atomic mass is 16.3. The van der Waals surface area contributed by atoms with Gasteiger partial charge in [0.15, 0.2) is 5.58 Å². The normalized spacial score (nSPS) is 15.5. The number of benzene rings is 2. The number of amidine groups is 1. The van der Waals surface area contributed by atoms with Gasteiger partial charge in [0.05, 0.1) is 6.61 Å². The Labute approximate surface area is 162 Å². The Morgan fingerprint density at radius 3 is 2.75 bits per heavy atom. The van der Waals surface area contributed by atoms with Crippen LogP contribution in [0.4, 0.5) is 5.69 Å². The minimum atomic E-state index is -0.204. The van der Waals surface area contributed by atoms with E-state index in [2.05, 4.69) is 9.98 Å². The maximum atomic E-state index is 12.6. The molecule has 3 aromatic rings. The first-order valence-corrected chi connectivity index (χ1v) is 8.93. The van der Waals surface area contributed by atoms with Gasteiger partial charge in [-0.1, -0.05) is 30.3 Å². The number of oxazole rings is 1. The first kappa shape index (κ1) is 17.9. The van der Waals surface area contributed by atoms with E-state index in [0.29, 0.717) is 29.4 Å². The highest BCUT2D eigenvalue weighted by Crippen LogP contribution is 2.25. The minimum Gasteiger partial charge on any atom is -0.437 e. The Morgan fingerprint density at radius 2 is 2.00 bits per heavy atom. The standard InChI is InChI=1S/C21H20N4O3/c1-24(10-11-26)15-8-9-16-18(12-15)28-19(22-16)13-17-21(27)25(2)20(23-17)14-6-4-3-5-7-14/h3-9,12-13,26H,10-11H2,1-2H3/b17-13+. The second-order valence-corrected chi connectivity index (χ2v) is 6.54. The molecule has 0 radical (unpaired) electrons. The smallest absolute Gasteiger partial charge is 0.278 e. The first-order chi connectivity index (χ1) is 13.6. The third-order valence-electron chi connectivity index (χ3n) is 4.62. The van der Waals surface area contributed by atoms with Gasteiger partial charge in [-0.05, 0) is 12.1 Å². The van der Waals surface area contributed by atoms with Gasteiger partial charge >= 0.3 is 0 Å². The van der Waals surface area contributed by atoms with Gasteiger partial charge in [0.2, 0.25) is 5.89 Å². The number of aliphatic hydroxyl groups excluding tert-OH is 1. The highest BCUT2D eigenvalue weighted by Gasteiger charge is 2.28. The lowest BCUT2D eigenvalue weighted by Gasteiger charge is -2.17. The van der Waals surface area contributed by atoms with Crippen LogP contribution in [0.1, 0.15) is 11.5 Å². The number of hydrogen-bond donors (Lipinski definition) is 1. The molecule has 7 nitrogen and oxygen atoms in total. The average Bonchev–Trinajstić information content (AvgIpc) is 3.24. The summed E-state index contributed by atoms with van der Waals surface area (Å²) in [6.45, 7) is 0.591. The third-order valence-corrected chi connectivity index (χ3v) is 4.62. The van der Waals surface area contributed by atoms with Crippen molar-refractivity contribution in [1.29, 1.82) is 0 Å². The lowest BCUT2D eigenvalue weighted by atomic mass is 10.2. The van der Waals surface area contributed by atoms with Crippen LogP contribution in [0, 0.1) is 0 Å². The van der Waals surface area contributed by atoms with Gasteiger partial charge in [0, 0.05) is 44.0 Å². The van der Waals surface area contributed by atoms with Gasteiger partial charge < -0.3 is 14.4 Å². The molecule has 0 fully saturated rings. The summed E-state index contributed by atoms with van der Waals surface area (Å²) in [7, 11) is 3.59. The molecule has 0 bridgehead atoms. The van der Waals surface area contributed by atoms with Crippen molar-refractivity contribution in [2.75, 3.05) is 32.1 Å². The van der Waals surface area contributed by atoms with Gasteiger partial charge in [0.25, 0.3) is 5.91 Å². The molecule has 0 saturated heterocycles. The molecule has 1 aliphatic rings. The van der Waals surface area contributed by atoms with Crippen LogP contribution in [0.3, 0.4) is 0 Å². The summed E-state index contributed by atoms with van der Waals surface area (Å²) in [5.41, 5.74) is 3.37. The number of amides is 1. The largest absolute Gasteiger partial charge is 0.437 e. The number of nitrogens with zero attached hydrogens (tertiary/aromatic N) is 4. The van der Waals surface area contributed by atoms with E-state index < -0.39 is 0 Å². The molecule has 142 valence electrons. The topological polar surface area (TPSA) is 82.2 Å². The molecule has 2 heterocycles. The summed E-state index contributed by atoms with van der Waals surface area (Å²) in [5, 5.41) is 9.09. The summed E-state index contributed by atoms with van der Waals surface area (Å²) in [6, 6.07) is 15.2. The highest BCUT2D eigenvalue weighted by molar-refractivity contribution is 6.19. The van der Waals surface area contributed by atoms with E-state index in [1.807, 2.05) is 60.5 Å². The van der Waals surface area contributed by atoms with Crippen LogP contribution >= 0.6 is 0 Å². The van der Waals surface area contributed by atoms with Gasteiger partial charge in [-0.15, -0.1) is 0 Å². The van der Waals surface area contributed by atoms with Crippen molar-refractivity contribution >= 4 is 34.6 Å². The second kappa shape index (κ2) is 7.28. The van der Waals surface area contributed by atoms with Gasteiger partial charge in [-0.2, -0.15) is 0 Å². The van der Waals surface area contributed by atoms with Crippen molar-refractivity contribution in [3.05, 3.63) is 65.7 Å². The maximum absolute atomic E-state index is 12.6. The summed E-state index contributed by atoms with van der Waals surface area (Å²) in [6.07, 6.45) is 1.56. The first-order valence-electron chi connectivity index (χ1n) is 8.93. The molecule has 4 rings (SSSR count). The Morgan fingerprint density at radius 1 is 1.21 bits per heavy atom. The van der Waals surface area contributed by atoms with E-state index >= 15 is 0 Å². The number of anilines is 1. The van der Waals surface area contributed by atoms with E-state index in [1.54, 1.807) is 13.1 Å². The Kier molecular flexibility index (Phi) is 4.67. The fourth-order valence-electron chi connectivity index (χ4n) is 3.07. The van der Waals surface area contributed by atoms with Crippen LogP contribution in [0.2, 0.25) is 0 Å². The number of fused-ring (bicyclic) bond motifs is 1. The number of likely N-dealkylation sites (N-methyl/N-ethyl adjacent to an activating group) is 2. The molecule has 28 heavy (non-hydrogen) atoms. The monoisotopic (exact) mass is 376 g/mol. The van der Waals surface area contributed by atoms with Crippen LogP contribution in [0.25, 0.3) is 17.2 Å². The van der Waals surface area contributed by atoms with Crippen LogP contribution in [-0.4, -0.2) is 54.0 Å². The summed E-state index contributed by atoms with van der Waals surface area (Å²) >= 11 is 0. The predicted octanol–water partition coefficient (Wildman–Crippen LogP) is 2.52. The molecule has 0 aliphatic carbocycles. The molecule has 0 saturated carbocycles. The molecular weight excluding hydrogens is 356 g/mol. The third kappa shape index (κ3) is 3.27. The SMILES string of the molecule is CN1C(=O)/C(=C\c2nc3ccc(N(C)CCO)cc3o2)N=C1c1ccccc1. The molecule has 2 aromatic carbocycles. The van der Waals surface area contributed by atoms with Gasteiger partial charge in [0.1, 0.15) is 17.0 Å². The van der Waals surface area contributed by atoms with Crippen LogP contribution in [-0.2, 0) is 4.79 Å².